The van der Waals surface area contributed by atoms with Gasteiger partial charge >= 0.3 is 6.18 Å². The number of alkyl halides is 3. The first-order valence-corrected chi connectivity index (χ1v) is 11.3. The number of pyridine rings is 1. The lowest BCUT2D eigenvalue weighted by Crippen LogP contribution is -2.59. The molecule has 1 aliphatic heterocycles. The minimum absolute atomic E-state index is 0.0435. The van der Waals surface area contributed by atoms with Crippen molar-refractivity contribution in [2.24, 2.45) is 0 Å². The minimum atomic E-state index is -4.47. The first-order valence-electron chi connectivity index (χ1n) is 11.3. The Morgan fingerprint density at radius 1 is 1.00 bits per heavy atom. The van der Waals surface area contributed by atoms with E-state index >= 15 is 0 Å². The molecule has 3 aromatic rings. The molecule has 1 aliphatic rings. The van der Waals surface area contributed by atoms with Crippen LogP contribution in [0, 0.1) is 0 Å². The molecule has 36 heavy (non-hydrogen) atoms. The van der Waals surface area contributed by atoms with E-state index in [4.69, 9.17) is 4.74 Å². The fourth-order valence-corrected chi connectivity index (χ4v) is 3.93. The number of carbonyl (C=O) groups excluding carboxylic acids is 2. The summed E-state index contributed by atoms with van der Waals surface area (Å²) in [6.45, 7) is 0.585. The van der Waals surface area contributed by atoms with Gasteiger partial charge in [-0.05, 0) is 42.0 Å². The summed E-state index contributed by atoms with van der Waals surface area (Å²) in [4.78, 5) is 29.7. The standard InChI is InChI=1S/C26H25F3N4O3/c27-26(28,29)21-6-1-2-7-22(21)32-19-10-8-18(9-11-19)16-31-24(35)25(12-14-36-17-25)33-23(34)15-20-5-3-4-13-30-20/h1-11,13,32H,12,14-17H2,(H,31,35)(H,33,34). The van der Waals surface area contributed by atoms with Crippen molar-refractivity contribution in [1.82, 2.24) is 15.6 Å². The fraction of sp³-hybridized carbons (Fsp3) is 0.269. The number of amides is 2. The molecule has 1 unspecified atom stereocenters. The zero-order chi connectivity index (χ0) is 25.6. The number of nitrogens with zero attached hydrogens (tertiary/aromatic N) is 1. The average Bonchev–Trinajstić information content (AvgIpc) is 3.33. The number of carbonyl (C=O) groups is 2. The Bertz CT molecular complexity index is 1200. The Hall–Kier alpha value is -3.92. The van der Waals surface area contributed by atoms with E-state index in [9.17, 15) is 22.8 Å². The lowest BCUT2D eigenvalue weighted by atomic mass is 9.96. The van der Waals surface area contributed by atoms with E-state index in [1.807, 2.05) is 0 Å². The Balaban J connectivity index is 1.36. The maximum absolute atomic E-state index is 13.2. The molecule has 10 heteroatoms. The quantitative estimate of drug-likeness (QED) is 0.437. The van der Waals surface area contributed by atoms with Crippen LogP contribution in [0.2, 0.25) is 0 Å². The van der Waals surface area contributed by atoms with Gasteiger partial charge in [0.25, 0.3) is 0 Å². The fourth-order valence-electron chi connectivity index (χ4n) is 3.93. The van der Waals surface area contributed by atoms with E-state index in [2.05, 4.69) is 20.9 Å². The highest BCUT2D eigenvalue weighted by Gasteiger charge is 2.43. The van der Waals surface area contributed by atoms with Crippen LogP contribution in [0.5, 0.6) is 0 Å². The van der Waals surface area contributed by atoms with E-state index in [1.54, 1.807) is 48.7 Å². The van der Waals surface area contributed by atoms with E-state index in [1.165, 1.54) is 18.2 Å². The van der Waals surface area contributed by atoms with Crippen molar-refractivity contribution in [3.05, 3.63) is 89.7 Å². The number of ether oxygens (including phenoxy) is 1. The van der Waals surface area contributed by atoms with Crippen molar-refractivity contribution in [2.45, 2.75) is 31.1 Å². The molecule has 1 aromatic heterocycles. The number of nitrogens with one attached hydrogen (secondary N) is 3. The molecular weight excluding hydrogens is 473 g/mol. The highest BCUT2D eigenvalue weighted by molar-refractivity contribution is 5.92. The van der Waals surface area contributed by atoms with Crippen molar-refractivity contribution in [3.8, 4) is 0 Å². The predicted octanol–water partition coefficient (Wildman–Crippen LogP) is 3.98. The summed E-state index contributed by atoms with van der Waals surface area (Å²) in [5, 5.41) is 8.43. The first kappa shape index (κ1) is 25.2. The van der Waals surface area contributed by atoms with Gasteiger partial charge in [0.05, 0.1) is 24.3 Å². The molecule has 4 rings (SSSR count). The number of hydrogen-bond acceptors (Lipinski definition) is 5. The summed E-state index contributed by atoms with van der Waals surface area (Å²) in [6, 6.07) is 17.2. The van der Waals surface area contributed by atoms with Crippen molar-refractivity contribution in [1.29, 1.82) is 0 Å². The van der Waals surface area contributed by atoms with Crippen molar-refractivity contribution in [3.63, 3.8) is 0 Å². The number of hydrogen-bond donors (Lipinski definition) is 3. The Morgan fingerprint density at radius 3 is 2.42 bits per heavy atom. The predicted molar refractivity (Wildman–Crippen MR) is 127 cm³/mol. The lowest BCUT2D eigenvalue weighted by Gasteiger charge is -2.27. The molecule has 2 heterocycles. The SMILES string of the molecule is O=C(Cc1ccccn1)NC1(C(=O)NCc2ccc(Nc3ccccc3C(F)(F)F)cc2)CCOC1. The zero-order valence-electron chi connectivity index (χ0n) is 19.3. The molecule has 0 aliphatic carbocycles. The van der Waals surface area contributed by atoms with Gasteiger partial charge in [-0.25, -0.2) is 0 Å². The smallest absolute Gasteiger partial charge is 0.378 e. The highest BCUT2D eigenvalue weighted by Crippen LogP contribution is 2.35. The third-order valence-corrected chi connectivity index (χ3v) is 5.82. The topological polar surface area (TPSA) is 92.4 Å². The van der Waals surface area contributed by atoms with Gasteiger partial charge in [-0.2, -0.15) is 13.2 Å². The largest absolute Gasteiger partial charge is 0.418 e. The van der Waals surface area contributed by atoms with Crippen molar-refractivity contribution in [2.75, 3.05) is 18.5 Å². The molecular formula is C26H25F3N4O3. The second-order valence-electron chi connectivity index (χ2n) is 8.48. The number of benzene rings is 2. The monoisotopic (exact) mass is 498 g/mol. The number of halogens is 3. The molecule has 1 saturated heterocycles. The molecule has 1 fully saturated rings. The normalized spacial score (nSPS) is 17.4. The molecule has 0 saturated carbocycles. The van der Waals surface area contributed by atoms with Crippen LogP contribution in [-0.4, -0.2) is 35.6 Å². The van der Waals surface area contributed by atoms with Crippen LogP contribution < -0.4 is 16.0 Å². The van der Waals surface area contributed by atoms with Crippen LogP contribution >= 0.6 is 0 Å². The van der Waals surface area contributed by atoms with Gasteiger partial charge in [0, 0.05) is 37.2 Å². The molecule has 2 aromatic carbocycles. The second kappa shape index (κ2) is 10.8. The van der Waals surface area contributed by atoms with Gasteiger partial charge in [-0.3, -0.25) is 14.6 Å². The van der Waals surface area contributed by atoms with E-state index in [0.29, 0.717) is 24.4 Å². The third kappa shape index (κ3) is 6.19. The number of aromatic nitrogens is 1. The molecule has 188 valence electrons. The van der Waals surface area contributed by atoms with Crippen LogP contribution in [0.4, 0.5) is 24.5 Å². The van der Waals surface area contributed by atoms with Gasteiger partial charge in [0.2, 0.25) is 11.8 Å². The van der Waals surface area contributed by atoms with E-state index < -0.39 is 17.3 Å². The van der Waals surface area contributed by atoms with Gasteiger partial charge in [0.1, 0.15) is 5.54 Å². The number of rotatable bonds is 8. The molecule has 7 nitrogen and oxygen atoms in total. The van der Waals surface area contributed by atoms with Crippen LogP contribution in [0.1, 0.15) is 23.2 Å². The van der Waals surface area contributed by atoms with Gasteiger partial charge < -0.3 is 20.7 Å². The Kier molecular flexibility index (Phi) is 7.54. The lowest BCUT2D eigenvalue weighted by molar-refractivity contribution is -0.137. The number of anilines is 2. The van der Waals surface area contributed by atoms with Gasteiger partial charge in [-0.1, -0.05) is 30.3 Å². The molecule has 3 N–H and O–H groups in total. The Morgan fingerprint density at radius 2 is 1.75 bits per heavy atom. The molecule has 0 bridgehead atoms. The minimum Gasteiger partial charge on any atom is -0.378 e. The average molecular weight is 499 g/mol. The summed E-state index contributed by atoms with van der Waals surface area (Å²) in [7, 11) is 0. The van der Waals surface area contributed by atoms with Crippen LogP contribution in [0.25, 0.3) is 0 Å². The molecule has 0 radical (unpaired) electrons. The first-order chi connectivity index (χ1) is 17.2. The Labute approximate surface area is 206 Å². The zero-order valence-corrected chi connectivity index (χ0v) is 19.3. The van der Waals surface area contributed by atoms with E-state index in [-0.39, 0.29) is 37.1 Å². The van der Waals surface area contributed by atoms with Crippen LogP contribution in [-0.2, 0) is 33.5 Å². The van der Waals surface area contributed by atoms with Crippen LogP contribution in [0.15, 0.2) is 72.9 Å². The van der Waals surface area contributed by atoms with Gasteiger partial charge in [-0.15, -0.1) is 0 Å². The summed E-state index contributed by atoms with van der Waals surface area (Å²) < 4.78 is 45.1. The molecule has 2 amide bonds. The second-order valence-corrected chi connectivity index (χ2v) is 8.48. The molecule has 1 atom stereocenters. The van der Waals surface area contributed by atoms with Crippen LogP contribution in [0.3, 0.4) is 0 Å². The summed E-state index contributed by atoms with van der Waals surface area (Å²) in [5.74, 6) is -0.695. The van der Waals surface area contributed by atoms with E-state index in [0.717, 1.165) is 11.6 Å². The maximum Gasteiger partial charge on any atom is 0.418 e. The van der Waals surface area contributed by atoms with Crippen molar-refractivity contribution >= 4 is 23.2 Å². The van der Waals surface area contributed by atoms with Gasteiger partial charge in [0.15, 0.2) is 0 Å². The summed E-state index contributed by atoms with van der Waals surface area (Å²) in [6.07, 6.45) is -2.49. The maximum atomic E-state index is 13.2. The third-order valence-electron chi connectivity index (χ3n) is 5.82. The van der Waals surface area contributed by atoms with Crippen molar-refractivity contribution < 1.29 is 27.5 Å². The highest BCUT2D eigenvalue weighted by atomic mass is 19.4. The summed E-state index contributed by atoms with van der Waals surface area (Å²) >= 11 is 0. The number of para-hydroxylation sites is 1. The molecule has 0 spiro atoms. The summed E-state index contributed by atoms with van der Waals surface area (Å²) in [5.41, 5.74) is -0.160.